The molecule has 0 spiro atoms. The summed E-state index contributed by atoms with van der Waals surface area (Å²) in [4.78, 5) is 1.89. The molecule has 0 bridgehead atoms. The number of benzene rings is 2. The zero-order valence-corrected chi connectivity index (χ0v) is 10.5. The summed E-state index contributed by atoms with van der Waals surface area (Å²) in [7, 11) is 1.87. The van der Waals surface area contributed by atoms with Gasteiger partial charge in [0.25, 0.3) is 0 Å². The van der Waals surface area contributed by atoms with E-state index in [9.17, 15) is 0 Å². The molecule has 19 heavy (non-hydrogen) atoms. The van der Waals surface area contributed by atoms with E-state index in [1.165, 1.54) is 0 Å². The van der Waals surface area contributed by atoms with Crippen molar-refractivity contribution in [3.05, 3.63) is 53.6 Å². The summed E-state index contributed by atoms with van der Waals surface area (Å²) in [6.45, 7) is 0. The van der Waals surface area contributed by atoms with Crippen LogP contribution in [0.4, 0.5) is 17.1 Å². The molecule has 0 aromatic heterocycles. The molecule has 0 atom stereocenters. The number of nitrogen functional groups attached to an aromatic ring is 1. The van der Waals surface area contributed by atoms with Crippen LogP contribution >= 0.6 is 0 Å². The second-order valence-corrected chi connectivity index (χ2v) is 4.07. The predicted octanol–water partition coefficient (Wildman–Crippen LogP) is 2.78. The largest absolute Gasteiger partial charge is 0.396 e. The molecule has 0 heterocycles. The van der Waals surface area contributed by atoms with E-state index in [2.05, 4.69) is 12.1 Å². The van der Waals surface area contributed by atoms with Gasteiger partial charge in [-0.05, 0) is 36.4 Å². The molecule has 0 aliphatic carbocycles. The lowest BCUT2D eigenvalue weighted by molar-refractivity contribution is 1.21. The Hall–Kier alpha value is -2.98. The minimum atomic E-state index is 0.455. The molecule has 0 saturated carbocycles. The summed E-state index contributed by atoms with van der Waals surface area (Å²) < 4.78 is 0. The van der Waals surface area contributed by atoms with E-state index in [1.807, 2.05) is 30.1 Å². The highest BCUT2D eigenvalue weighted by Gasteiger charge is 2.10. The minimum Gasteiger partial charge on any atom is -0.396 e. The van der Waals surface area contributed by atoms with Crippen LogP contribution in [0.2, 0.25) is 0 Å². The second-order valence-electron chi connectivity index (χ2n) is 4.07. The smallest absolute Gasteiger partial charge is 0.101 e. The zero-order valence-electron chi connectivity index (χ0n) is 10.5. The fraction of sp³-hybridized carbons (Fsp3) is 0.0667. The Balaban J connectivity index is 2.42. The molecule has 4 nitrogen and oxygen atoms in total. The number of hydrogen-bond acceptors (Lipinski definition) is 4. The van der Waals surface area contributed by atoms with Crippen molar-refractivity contribution in [1.29, 1.82) is 10.5 Å². The number of nitriles is 2. The molecule has 0 saturated heterocycles. The van der Waals surface area contributed by atoms with Gasteiger partial charge in [-0.15, -0.1) is 0 Å². The molecule has 2 aromatic rings. The molecule has 0 aliphatic rings. The van der Waals surface area contributed by atoms with Crippen LogP contribution in [0, 0.1) is 22.7 Å². The maximum atomic E-state index is 8.98. The fourth-order valence-corrected chi connectivity index (χ4v) is 1.84. The Morgan fingerprint density at radius 1 is 1.00 bits per heavy atom. The predicted molar refractivity (Wildman–Crippen MR) is 74.8 cm³/mol. The molecule has 0 aliphatic heterocycles. The Morgan fingerprint density at radius 3 is 2.26 bits per heavy atom. The third kappa shape index (κ3) is 2.34. The monoisotopic (exact) mass is 248 g/mol. The van der Waals surface area contributed by atoms with Gasteiger partial charge in [-0.3, -0.25) is 0 Å². The van der Waals surface area contributed by atoms with Gasteiger partial charge < -0.3 is 10.6 Å². The van der Waals surface area contributed by atoms with Gasteiger partial charge >= 0.3 is 0 Å². The maximum absolute atomic E-state index is 8.98. The van der Waals surface area contributed by atoms with E-state index >= 15 is 0 Å². The molecular weight excluding hydrogens is 236 g/mol. The summed E-state index contributed by atoms with van der Waals surface area (Å²) in [5.41, 5.74) is 9.16. The molecule has 2 N–H and O–H groups in total. The lowest BCUT2D eigenvalue weighted by Gasteiger charge is -2.21. The van der Waals surface area contributed by atoms with Crippen molar-refractivity contribution in [2.24, 2.45) is 0 Å². The van der Waals surface area contributed by atoms with Gasteiger partial charge in [0.2, 0.25) is 0 Å². The standard InChI is InChI=1S/C15H12N4/c1-19(13-7-5-11(9-16)6-8-13)14-4-2-3-12(10-17)15(14)18/h2-8H,18H2,1H3. The maximum Gasteiger partial charge on any atom is 0.101 e. The van der Waals surface area contributed by atoms with Crippen molar-refractivity contribution in [3.8, 4) is 12.1 Å². The fourth-order valence-electron chi connectivity index (χ4n) is 1.84. The first-order valence-electron chi connectivity index (χ1n) is 5.70. The molecule has 0 fully saturated rings. The van der Waals surface area contributed by atoms with E-state index in [1.54, 1.807) is 24.3 Å². The third-order valence-electron chi connectivity index (χ3n) is 2.95. The van der Waals surface area contributed by atoms with E-state index in [0.717, 1.165) is 11.4 Å². The number of hydrogen-bond donors (Lipinski definition) is 1. The Labute approximate surface area is 111 Å². The van der Waals surface area contributed by atoms with Gasteiger partial charge in [0, 0.05) is 12.7 Å². The summed E-state index contributed by atoms with van der Waals surface area (Å²) in [6.07, 6.45) is 0. The first-order chi connectivity index (χ1) is 9.17. The Morgan fingerprint density at radius 2 is 1.68 bits per heavy atom. The van der Waals surface area contributed by atoms with Gasteiger partial charge in [-0.1, -0.05) is 6.07 Å². The van der Waals surface area contributed by atoms with E-state index in [4.69, 9.17) is 16.3 Å². The van der Waals surface area contributed by atoms with Crippen LogP contribution in [0.25, 0.3) is 0 Å². The highest BCUT2D eigenvalue weighted by Crippen LogP contribution is 2.30. The minimum absolute atomic E-state index is 0.455. The van der Waals surface area contributed by atoms with Gasteiger partial charge in [0.15, 0.2) is 0 Å². The van der Waals surface area contributed by atoms with E-state index < -0.39 is 0 Å². The summed E-state index contributed by atoms with van der Waals surface area (Å²) in [5, 5.41) is 17.8. The molecule has 92 valence electrons. The number of nitrogens with zero attached hydrogens (tertiary/aromatic N) is 3. The summed E-state index contributed by atoms with van der Waals surface area (Å²) >= 11 is 0. The molecule has 2 rings (SSSR count). The number of rotatable bonds is 2. The van der Waals surface area contributed by atoms with Gasteiger partial charge in [-0.25, -0.2) is 0 Å². The molecule has 0 unspecified atom stereocenters. The lowest BCUT2D eigenvalue weighted by atomic mass is 10.1. The van der Waals surface area contributed by atoms with Crippen LogP contribution in [0.5, 0.6) is 0 Å². The zero-order chi connectivity index (χ0) is 13.8. The molecule has 2 aromatic carbocycles. The van der Waals surface area contributed by atoms with Crippen LogP contribution in [0.1, 0.15) is 11.1 Å². The number of para-hydroxylation sites is 1. The SMILES string of the molecule is CN(c1ccc(C#N)cc1)c1cccc(C#N)c1N. The lowest BCUT2D eigenvalue weighted by Crippen LogP contribution is -2.12. The topological polar surface area (TPSA) is 76.8 Å². The van der Waals surface area contributed by atoms with Crippen LogP contribution in [-0.4, -0.2) is 7.05 Å². The average molecular weight is 248 g/mol. The second kappa shape index (κ2) is 5.12. The summed E-state index contributed by atoms with van der Waals surface area (Å²) in [5.74, 6) is 0. The molecule has 0 amide bonds. The van der Waals surface area contributed by atoms with Crippen LogP contribution in [-0.2, 0) is 0 Å². The van der Waals surface area contributed by atoms with Crippen molar-refractivity contribution < 1.29 is 0 Å². The first-order valence-corrected chi connectivity index (χ1v) is 5.70. The highest BCUT2D eigenvalue weighted by atomic mass is 15.1. The van der Waals surface area contributed by atoms with Crippen LogP contribution < -0.4 is 10.6 Å². The Kier molecular flexibility index (Phi) is 3.36. The first kappa shape index (κ1) is 12.5. The van der Waals surface area contributed by atoms with Gasteiger partial charge in [0.05, 0.1) is 28.6 Å². The third-order valence-corrected chi connectivity index (χ3v) is 2.95. The average Bonchev–Trinajstić information content (AvgIpc) is 2.47. The summed E-state index contributed by atoms with van der Waals surface area (Å²) in [6, 6.07) is 16.7. The van der Waals surface area contributed by atoms with Crippen molar-refractivity contribution in [3.63, 3.8) is 0 Å². The van der Waals surface area contributed by atoms with Crippen molar-refractivity contribution >= 4 is 17.1 Å². The quantitative estimate of drug-likeness (QED) is 0.829. The Bertz CT molecular complexity index is 675. The molecule has 4 heteroatoms. The van der Waals surface area contributed by atoms with Gasteiger partial charge in [-0.2, -0.15) is 10.5 Å². The van der Waals surface area contributed by atoms with E-state index in [-0.39, 0.29) is 0 Å². The van der Waals surface area contributed by atoms with Gasteiger partial charge in [0.1, 0.15) is 6.07 Å². The normalized spacial score (nSPS) is 9.42. The van der Waals surface area contributed by atoms with Crippen LogP contribution in [0.3, 0.4) is 0 Å². The van der Waals surface area contributed by atoms with Crippen molar-refractivity contribution in [2.75, 3.05) is 17.7 Å². The van der Waals surface area contributed by atoms with Crippen LogP contribution in [0.15, 0.2) is 42.5 Å². The number of anilines is 3. The highest BCUT2D eigenvalue weighted by molar-refractivity contribution is 5.78. The van der Waals surface area contributed by atoms with Crippen molar-refractivity contribution in [2.45, 2.75) is 0 Å². The molecular formula is C15H12N4. The van der Waals surface area contributed by atoms with E-state index in [0.29, 0.717) is 16.8 Å². The van der Waals surface area contributed by atoms with Crippen molar-refractivity contribution in [1.82, 2.24) is 0 Å². The molecule has 0 radical (unpaired) electrons. The number of nitrogens with two attached hydrogens (primary N) is 1.